The van der Waals surface area contributed by atoms with E-state index in [9.17, 15) is 39.0 Å². The molecule has 0 saturated heterocycles. The Morgan fingerprint density at radius 3 is 0.904 bits per heavy atom. The highest BCUT2D eigenvalue weighted by Gasteiger charge is 2.30. The minimum Gasteiger partial charge on any atom is -0.394 e. The molecule has 6 amide bonds. The second-order valence-corrected chi connectivity index (χ2v) is 21.8. The minimum absolute atomic E-state index is 0. The number of unbranched alkanes of at least 4 members (excludes halogenated alkanes) is 26. The molecule has 6 atom stereocenters. The predicted molar refractivity (Wildman–Crippen MR) is 351 cm³/mol. The molecule has 0 aromatic heterocycles. The van der Waals surface area contributed by atoms with Gasteiger partial charge in [0.15, 0.2) is 0 Å². The molecule has 0 radical (unpaired) electrons. The second-order valence-electron chi connectivity index (χ2n) is 21.8. The van der Waals surface area contributed by atoms with Crippen LogP contribution in [0.15, 0.2) is 24.3 Å². The zero-order valence-electron chi connectivity index (χ0n) is 51.5. The SMILES string of the molecule is CCCCCCCC/C=C\CCCCCCCCNC(=O)C(CCCC(NC(=O)C(CO)NC(=O)C(N)CCCCN)C(=O)NCCCCCCCC/C=C\CCCCCCCC)NC(=O)C(CO)NC(=O)C(N)CCCCN.Cl.Cl.Cl.Cl. The van der Waals surface area contributed by atoms with Crippen LogP contribution in [0.5, 0.6) is 0 Å². The molecule has 22 heteroatoms. The van der Waals surface area contributed by atoms with Crippen LogP contribution in [0.1, 0.15) is 251 Å². The molecule has 0 aliphatic carbocycles. The van der Waals surface area contributed by atoms with Crippen molar-refractivity contribution in [2.45, 2.75) is 288 Å². The van der Waals surface area contributed by atoms with Crippen molar-refractivity contribution >= 4 is 85.1 Å². The molecule has 0 saturated carbocycles. The quantitative estimate of drug-likeness (QED) is 0.0201. The van der Waals surface area contributed by atoms with E-state index in [1.54, 1.807) is 0 Å². The number of halogens is 4. The highest BCUT2D eigenvalue weighted by Crippen LogP contribution is 2.14. The lowest BCUT2D eigenvalue weighted by Crippen LogP contribution is -2.57. The Bertz CT molecular complexity index is 1500. The molecule has 83 heavy (non-hydrogen) atoms. The molecule has 0 heterocycles. The fourth-order valence-electron chi connectivity index (χ4n) is 9.25. The third-order valence-electron chi connectivity index (χ3n) is 14.5. The maximum Gasteiger partial charge on any atom is 0.245 e. The molecule has 492 valence electrons. The fourth-order valence-corrected chi connectivity index (χ4v) is 9.25. The summed E-state index contributed by atoms with van der Waals surface area (Å²) < 4.78 is 0. The van der Waals surface area contributed by atoms with Crippen molar-refractivity contribution < 1.29 is 39.0 Å². The number of allylic oxidation sites excluding steroid dienone is 4. The molecule has 6 unspecified atom stereocenters. The van der Waals surface area contributed by atoms with Crippen molar-refractivity contribution in [1.82, 2.24) is 31.9 Å². The number of nitrogens with two attached hydrogens (primary N) is 4. The Hall–Kier alpha value is -2.78. The molecule has 0 spiro atoms. The number of hydrogen-bond donors (Lipinski definition) is 12. The summed E-state index contributed by atoms with van der Waals surface area (Å²) in [5.41, 5.74) is 23.3. The van der Waals surface area contributed by atoms with Crippen molar-refractivity contribution in [3.05, 3.63) is 24.3 Å². The largest absolute Gasteiger partial charge is 0.394 e. The van der Waals surface area contributed by atoms with E-state index in [2.05, 4.69) is 70.1 Å². The first-order valence-corrected chi connectivity index (χ1v) is 31.6. The average Bonchev–Trinajstić information content (AvgIpc) is 3.44. The van der Waals surface area contributed by atoms with E-state index < -0.39 is 84.9 Å². The van der Waals surface area contributed by atoms with Crippen LogP contribution < -0.4 is 54.8 Å². The van der Waals surface area contributed by atoms with E-state index >= 15 is 0 Å². The molecule has 0 bridgehead atoms. The van der Waals surface area contributed by atoms with Crippen molar-refractivity contribution in [3.63, 3.8) is 0 Å². The number of aliphatic hydroxyl groups is 2. The average molecular weight is 1270 g/mol. The number of hydrogen-bond acceptors (Lipinski definition) is 12. The van der Waals surface area contributed by atoms with E-state index in [0.29, 0.717) is 64.7 Å². The van der Waals surface area contributed by atoms with E-state index in [1.165, 1.54) is 77.0 Å². The van der Waals surface area contributed by atoms with Gasteiger partial charge in [0, 0.05) is 13.1 Å². The topological polar surface area (TPSA) is 319 Å². The lowest BCUT2D eigenvalue weighted by molar-refractivity contribution is -0.133. The van der Waals surface area contributed by atoms with Gasteiger partial charge < -0.3 is 65.0 Å². The number of carbonyl (C=O) groups is 6. The zero-order chi connectivity index (χ0) is 58.4. The van der Waals surface area contributed by atoms with E-state index in [-0.39, 0.29) is 68.9 Å². The van der Waals surface area contributed by atoms with Crippen LogP contribution in [0.4, 0.5) is 0 Å². The molecule has 16 N–H and O–H groups in total. The van der Waals surface area contributed by atoms with Gasteiger partial charge in [0.1, 0.15) is 24.2 Å². The van der Waals surface area contributed by atoms with Gasteiger partial charge in [-0.3, -0.25) is 28.8 Å². The summed E-state index contributed by atoms with van der Waals surface area (Å²) >= 11 is 0. The Balaban J connectivity index is -0.00000507. The summed E-state index contributed by atoms with van der Waals surface area (Å²) in [4.78, 5) is 80.7. The van der Waals surface area contributed by atoms with Crippen molar-refractivity contribution in [2.75, 3.05) is 39.4 Å². The molecule has 0 aliphatic rings. The maximum atomic E-state index is 13.8. The number of rotatable bonds is 56. The number of carbonyl (C=O) groups excluding carboxylic acids is 6. The van der Waals surface area contributed by atoms with Crippen LogP contribution in [0, 0.1) is 0 Å². The third-order valence-corrected chi connectivity index (χ3v) is 14.5. The first kappa shape index (κ1) is 89.0. The van der Waals surface area contributed by atoms with Crippen molar-refractivity contribution in [3.8, 4) is 0 Å². The summed E-state index contributed by atoms with van der Waals surface area (Å²) in [6, 6.07) is -6.90. The van der Waals surface area contributed by atoms with Gasteiger partial charge in [0.2, 0.25) is 35.4 Å². The summed E-state index contributed by atoms with van der Waals surface area (Å²) in [5, 5.41) is 36.6. The van der Waals surface area contributed by atoms with Gasteiger partial charge in [-0.15, -0.1) is 49.6 Å². The Morgan fingerprint density at radius 1 is 0.337 bits per heavy atom. The smallest absolute Gasteiger partial charge is 0.245 e. The monoisotopic (exact) mass is 1260 g/mol. The molecule has 0 fully saturated rings. The molecule has 0 aromatic rings. The zero-order valence-corrected chi connectivity index (χ0v) is 54.7. The predicted octanol–water partition coefficient (Wildman–Crippen LogP) is 8.99. The molecule has 0 rings (SSSR count). The van der Waals surface area contributed by atoms with Gasteiger partial charge in [-0.1, -0.05) is 167 Å². The molecule has 18 nitrogen and oxygen atoms in total. The summed E-state index contributed by atoms with van der Waals surface area (Å²) in [7, 11) is 0. The van der Waals surface area contributed by atoms with Crippen molar-refractivity contribution in [2.24, 2.45) is 22.9 Å². The van der Waals surface area contributed by atoms with Crippen LogP contribution in [0.2, 0.25) is 0 Å². The van der Waals surface area contributed by atoms with Gasteiger partial charge >= 0.3 is 0 Å². The second kappa shape index (κ2) is 65.2. The third kappa shape index (κ3) is 52.1. The van der Waals surface area contributed by atoms with E-state index in [0.717, 1.165) is 103 Å². The lowest BCUT2D eigenvalue weighted by Gasteiger charge is -2.25. The van der Waals surface area contributed by atoms with Crippen LogP contribution in [0.3, 0.4) is 0 Å². The Labute approximate surface area is 527 Å². The van der Waals surface area contributed by atoms with Crippen LogP contribution >= 0.6 is 49.6 Å². The summed E-state index contributed by atoms with van der Waals surface area (Å²) in [5.74, 6) is -3.77. The molecular formula is C61H122Cl4N10O8. The standard InChI is InChI=1S/C61H118N10O8.4ClH/c1-3-5-7-9-11-13-15-17-19-21-23-25-27-29-31-37-46-66-58(76)52(68-60(78)54(48-72)70-56(74)50(64)40-33-35-44-62)42-39-43-53(69-61(79)55(49-73)71-57(75)51(65)41-34-36-45-63)59(77)67-47-38-32-30-28-26-24-22-20-18-16-14-12-10-8-6-4-2;;;;/h17-20,50-55,72-73H,3-16,21-49,62-65H2,1-2H3,(H,66,76)(H,67,77)(H,68,78)(H,69,79)(H,70,74)(H,71,75);4*1H/b19-17-,20-18-;;;;. The molecular weight excluding hydrogens is 1140 g/mol. The van der Waals surface area contributed by atoms with Gasteiger partial charge in [-0.2, -0.15) is 0 Å². The highest BCUT2D eigenvalue weighted by molar-refractivity contribution is 5.94. The minimum atomic E-state index is -1.39. The summed E-state index contributed by atoms with van der Waals surface area (Å²) in [6.45, 7) is 4.61. The number of nitrogens with one attached hydrogen (secondary N) is 6. The first-order valence-electron chi connectivity index (χ1n) is 31.6. The van der Waals surface area contributed by atoms with Crippen LogP contribution in [-0.2, 0) is 28.8 Å². The Kier molecular flexibility index (Phi) is 69.9. The van der Waals surface area contributed by atoms with Gasteiger partial charge in [-0.25, -0.2) is 0 Å². The normalized spacial score (nSPS) is 13.2. The molecule has 0 aromatic carbocycles. The van der Waals surface area contributed by atoms with Gasteiger partial charge in [-0.05, 0) is 122 Å². The first-order chi connectivity index (χ1) is 38.4. The number of amides is 6. The summed E-state index contributed by atoms with van der Waals surface area (Å²) in [6.07, 6.45) is 45.0. The van der Waals surface area contributed by atoms with Gasteiger partial charge in [0.05, 0.1) is 25.3 Å². The highest BCUT2D eigenvalue weighted by atomic mass is 35.5. The van der Waals surface area contributed by atoms with Crippen LogP contribution in [0.25, 0.3) is 0 Å². The molecule has 0 aliphatic heterocycles. The fraction of sp³-hybridized carbons (Fsp3) is 0.836. The van der Waals surface area contributed by atoms with E-state index in [1.807, 2.05) is 0 Å². The van der Waals surface area contributed by atoms with E-state index in [4.69, 9.17) is 22.9 Å². The maximum absolute atomic E-state index is 13.8. The van der Waals surface area contributed by atoms with Gasteiger partial charge in [0.25, 0.3) is 0 Å². The Morgan fingerprint density at radius 2 is 0.614 bits per heavy atom. The van der Waals surface area contributed by atoms with Crippen molar-refractivity contribution in [1.29, 1.82) is 0 Å². The van der Waals surface area contributed by atoms with Crippen LogP contribution in [-0.4, -0.2) is 121 Å². The lowest BCUT2D eigenvalue weighted by atomic mass is 10.0. The number of aliphatic hydroxyl groups excluding tert-OH is 2.